The number of hydrogen-bond acceptors (Lipinski definition) is 1. The molecule has 0 saturated heterocycles. The van der Waals surface area contributed by atoms with E-state index in [9.17, 15) is 0 Å². The summed E-state index contributed by atoms with van der Waals surface area (Å²) in [7, 11) is 0. The fraction of sp³-hybridized carbons (Fsp3) is 0.538. The third kappa shape index (κ3) is 3.45. The number of nitrogens with two attached hydrogens (primary N) is 1. The van der Waals surface area contributed by atoms with E-state index in [-0.39, 0.29) is 0 Å². The van der Waals surface area contributed by atoms with Gasteiger partial charge in [-0.15, -0.1) is 0 Å². The van der Waals surface area contributed by atoms with Gasteiger partial charge >= 0.3 is 0 Å². The van der Waals surface area contributed by atoms with Crippen LogP contribution >= 0.6 is 22.6 Å². The summed E-state index contributed by atoms with van der Waals surface area (Å²) in [5.41, 5.74) is 7.53. The minimum atomic E-state index is 0.357. The third-order valence-electron chi connectivity index (χ3n) is 3.27. The molecule has 1 aliphatic rings. The van der Waals surface area contributed by atoms with Gasteiger partial charge in [0.25, 0.3) is 0 Å². The van der Waals surface area contributed by atoms with Gasteiger partial charge in [-0.1, -0.05) is 31.4 Å². The first-order valence-corrected chi connectivity index (χ1v) is 6.82. The van der Waals surface area contributed by atoms with E-state index in [0.29, 0.717) is 6.04 Å². The molecule has 1 nitrogen and oxygen atoms in total. The monoisotopic (exact) mass is 315 g/mol. The summed E-state index contributed by atoms with van der Waals surface area (Å²) in [5.74, 6) is 0.920. The first-order valence-electron chi connectivity index (χ1n) is 5.74. The summed E-state index contributed by atoms with van der Waals surface area (Å²) >= 11 is 2.33. The van der Waals surface area contributed by atoms with Crippen molar-refractivity contribution in [2.24, 2.45) is 11.7 Å². The molecule has 0 bridgehead atoms. The van der Waals surface area contributed by atoms with Gasteiger partial charge in [0.15, 0.2) is 0 Å². The molecule has 2 heteroatoms. The molecule has 2 N–H and O–H groups in total. The minimum absolute atomic E-state index is 0.357. The molecule has 0 radical (unpaired) electrons. The Labute approximate surface area is 106 Å². The van der Waals surface area contributed by atoms with E-state index in [4.69, 9.17) is 5.73 Å². The largest absolute Gasteiger partial charge is 0.327 e. The SMILES string of the molecule is NC(Cc1ccc(I)cc1)CC1CCC1. The summed E-state index contributed by atoms with van der Waals surface area (Å²) in [4.78, 5) is 0. The molecule has 1 aliphatic carbocycles. The second-order valence-corrected chi connectivity index (χ2v) is 5.87. The number of hydrogen-bond donors (Lipinski definition) is 1. The molecule has 1 saturated carbocycles. The van der Waals surface area contributed by atoms with Crippen LogP contribution in [0.5, 0.6) is 0 Å². The van der Waals surface area contributed by atoms with Crippen molar-refractivity contribution in [1.82, 2.24) is 0 Å². The third-order valence-corrected chi connectivity index (χ3v) is 3.99. The molecule has 1 aromatic carbocycles. The van der Waals surface area contributed by atoms with Crippen molar-refractivity contribution < 1.29 is 0 Å². The van der Waals surface area contributed by atoms with Gasteiger partial charge in [0, 0.05) is 9.61 Å². The molecular weight excluding hydrogens is 297 g/mol. The molecule has 0 heterocycles. The first-order chi connectivity index (χ1) is 7.24. The van der Waals surface area contributed by atoms with Crippen molar-refractivity contribution in [1.29, 1.82) is 0 Å². The highest BCUT2D eigenvalue weighted by atomic mass is 127. The van der Waals surface area contributed by atoms with Crippen molar-refractivity contribution in [3.8, 4) is 0 Å². The van der Waals surface area contributed by atoms with E-state index in [1.54, 1.807) is 0 Å². The minimum Gasteiger partial charge on any atom is -0.327 e. The molecule has 0 aliphatic heterocycles. The number of halogens is 1. The lowest BCUT2D eigenvalue weighted by molar-refractivity contribution is 0.275. The lowest BCUT2D eigenvalue weighted by atomic mass is 9.80. The van der Waals surface area contributed by atoms with Crippen molar-refractivity contribution >= 4 is 22.6 Å². The smallest absolute Gasteiger partial charge is 0.0130 e. The molecule has 1 atom stereocenters. The Kier molecular flexibility index (Phi) is 4.03. The average Bonchev–Trinajstić information content (AvgIpc) is 2.16. The van der Waals surface area contributed by atoms with Gasteiger partial charge in [-0.25, -0.2) is 0 Å². The molecular formula is C13H18IN. The van der Waals surface area contributed by atoms with E-state index in [1.165, 1.54) is 34.8 Å². The van der Waals surface area contributed by atoms with Crippen molar-refractivity contribution in [2.45, 2.75) is 38.1 Å². The molecule has 0 aromatic heterocycles. The summed E-state index contributed by atoms with van der Waals surface area (Å²) in [6.45, 7) is 0. The maximum absolute atomic E-state index is 6.15. The Morgan fingerprint density at radius 1 is 1.27 bits per heavy atom. The zero-order valence-electron chi connectivity index (χ0n) is 8.95. The molecule has 0 spiro atoms. The molecule has 2 rings (SSSR count). The van der Waals surface area contributed by atoms with Crippen molar-refractivity contribution in [3.63, 3.8) is 0 Å². The van der Waals surface area contributed by atoms with Crippen LogP contribution in [-0.4, -0.2) is 6.04 Å². The van der Waals surface area contributed by atoms with Gasteiger partial charge in [0.1, 0.15) is 0 Å². The topological polar surface area (TPSA) is 26.0 Å². The predicted octanol–water partition coefficient (Wildman–Crippen LogP) is 3.35. The Morgan fingerprint density at radius 2 is 1.93 bits per heavy atom. The van der Waals surface area contributed by atoms with Crippen LogP contribution in [0, 0.1) is 9.49 Å². The van der Waals surface area contributed by atoms with Crippen LogP contribution in [0.3, 0.4) is 0 Å². The highest BCUT2D eigenvalue weighted by Crippen LogP contribution is 2.30. The van der Waals surface area contributed by atoms with Crippen molar-refractivity contribution in [2.75, 3.05) is 0 Å². The second-order valence-electron chi connectivity index (χ2n) is 4.62. The highest BCUT2D eigenvalue weighted by Gasteiger charge is 2.20. The Bertz CT molecular complexity index is 303. The highest BCUT2D eigenvalue weighted by molar-refractivity contribution is 14.1. The summed E-state index contributed by atoms with van der Waals surface area (Å²) < 4.78 is 1.30. The van der Waals surface area contributed by atoms with Gasteiger partial charge in [-0.3, -0.25) is 0 Å². The van der Waals surface area contributed by atoms with Crippen LogP contribution in [0.4, 0.5) is 0 Å². The van der Waals surface area contributed by atoms with Crippen LogP contribution in [0.1, 0.15) is 31.2 Å². The van der Waals surface area contributed by atoms with Gasteiger partial charge in [-0.2, -0.15) is 0 Å². The second kappa shape index (κ2) is 5.30. The standard InChI is InChI=1S/C13H18IN/c14-12-6-4-11(5-7-12)9-13(15)8-10-2-1-3-10/h4-7,10,13H,1-3,8-9,15H2. The van der Waals surface area contributed by atoms with Gasteiger partial charge in [0.2, 0.25) is 0 Å². The summed E-state index contributed by atoms with van der Waals surface area (Å²) in [6.07, 6.45) is 6.47. The van der Waals surface area contributed by atoms with Gasteiger partial charge in [-0.05, 0) is 59.0 Å². The molecule has 0 amide bonds. The zero-order valence-corrected chi connectivity index (χ0v) is 11.1. The average molecular weight is 315 g/mol. The normalized spacial score (nSPS) is 18.5. The van der Waals surface area contributed by atoms with E-state index in [0.717, 1.165) is 12.3 Å². The molecule has 15 heavy (non-hydrogen) atoms. The Balaban J connectivity index is 1.82. The van der Waals surface area contributed by atoms with Gasteiger partial charge < -0.3 is 5.73 Å². The quantitative estimate of drug-likeness (QED) is 0.847. The fourth-order valence-corrected chi connectivity index (χ4v) is 2.52. The zero-order chi connectivity index (χ0) is 10.7. The summed E-state index contributed by atoms with van der Waals surface area (Å²) in [6, 6.07) is 9.07. The number of rotatable bonds is 4. The van der Waals surface area contributed by atoms with Crippen LogP contribution in [0.15, 0.2) is 24.3 Å². The lowest BCUT2D eigenvalue weighted by Crippen LogP contribution is -2.28. The molecule has 82 valence electrons. The first kappa shape index (κ1) is 11.4. The Morgan fingerprint density at radius 3 is 2.47 bits per heavy atom. The maximum atomic E-state index is 6.15. The van der Waals surface area contributed by atoms with Crippen LogP contribution < -0.4 is 5.73 Å². The Hall–Kier alpha value is -0.0900. The fourth-order valence-electron chi connectivity index (χ4n) is 2.16. The van der Waals surface area contributed by atoms with Gasteiger partial charge in [0.05, 0.1) is 0 Å². The van der Waals surface area contributed by atoms with Crippen molar-refractivity contribution in [3.05, 3.63) is 33.4 Å². The predicted molar refractivity (Wildman–Crippen MR) is 72.8 cm³/mol. The summed E-state index contributed by atoms with van der Waals surface area (Å²) in [5, 5.41) is 0. The van der Waals surface area contributed by atoms with E-state index in [2.05, 4.69) is 46.9 Å². The molecule has 1 aromatic rings. The van der Waals surface area contributed by atoms with E-state index >= 15 is 0 Å². The van der Waals surface area contributed by atoms with E-state index < -0.39 is 0 Å². The van der Waals surface area contributed by atoms with Crippen LogP contribution in [0.2, 0.25) is 0 Å². The molecule has 1 fully saturated rings. The number of benzene rings is 1. The van der Waals surface area contributed by atoms with Crippen LogP contribution in [0.25, 0.3) is 0 Å². The maximum Gasteiger partial charge on any atom is 0.0130 e. The van der Waals surface area contributed by atoms with E-state index in [1.807, 2.05) is 0 Å². The van der Waals surface area contributed by atoms with Crippen LogP contribution in [-0.2, 0) is 6.42 Å². The molecule has 1 unspecified atom stereocenters. The lowest BCUT2D eigenvalue weighted by Gasteiger charge is -2.28.